The summed E-state index contributed by atoms with van der Waals surface area (Å²) >= 11 is 3.84. The second kappa shape index (κ2) is 6.56. The Morgan fingerprint density at radius 3 is 2.38 bits per heavy atom. The van der Waals surface area contributed by atoms with E-state index in [1.807, 2.05) is 22.7 Å². The third-order valence-electron chi connectivity index (χ3n) is 6.45. The second-order valence-electron chi connectivity index (χ2n) is 7.94. The molecule has 0 atom stereocenters. The van der Waals surface area contributed by atoms with E-state index < -0.39 is 0 Å². The van der Waals surface area contributed by atoms with Crippen LogP contribution in [0, 0.1) is 5.41 Å². The summed E-state index contributed by atoms with van der Waals surface area (Å²) in [6.45, 7) is 3.74. The first-order chi connectivity index (χ1) is 11.6. The Kier molecular flexibility index (Phi) is 4.59. The maximum atomic E-state index is 2.69. The molecule has 0 N–H and O–H groups in total. The van der Waals surface area contributed by atoms with Crippen LogP contribution in [0.4, 0.5) is 0 Å². The maximum absolute atomic E-state index is 2.69. The van der Waals surface area contributed by atoms with E-state index in [1.54, 1.807) is 4.88 Å². The van der Waals surface area contributed by atoms with Crippen molar-refractivity contribution in [2.45, 2.75) is 44.2 Å². The highest BCUT2D eigenvalue weighted by atomic mass is 32.1. The molecule has 0 unspecified atom stereocenters. The van der Waals surface area contributed by atoms with Gasteiger partial charge in [0.25, 0.3) is 0 Å². The molecule has 1 saturated heterocycles. The summed E-state index contributed by atoms with van der Waals surface area (Å²) in [5.74, 6) is 0. The molecule has 0 amide bonds. The molecule has 4 rings (SSSR count). The zero-order valence-electron chi connectivity index (χ0n) is 14.8. The normalized spacial score (nSPS) is 31.3. The van der Waals surface area contributed by atoms with Gasteiger partial charge in [-0.15, -0.1) is 22.7 Å². The van der Waals surface area contributed by atoms with Crippen LogP contribution in [0.25, 0.3) is 0 Å². The molecule has 2 nitrogen and oxygen atoms in total. The van der Waals surface area contributed by atoms with Crippen molar-refractivity contribution < 1.29 is 0 Å². The summed E-state index contributed by atoms with van der Waals surface area (Å²) in [4.78, 5) is 8.27. The predicted molar refractivity (Wildman–Crippen MR) is 105 cm³/mol. The van der Waals surface area contributed by atoms with Gasteiger partial charge in [0, 0.05) is 22.8 Å². The molecule has 0 bridgehead atoms. The van der Waals surface area contributed by atoms with Gasteiger partial charge in [-0.2, -0.15) is 0 Å². The number of rotatable bonds is 4. The van der Waals surface area contributed by atoms with Crippen LogP contribution in [0.1, 0.15) is 41.9 Å². The van der Waals surface area contributed by atoms with Crippen LogP contribution in [0.3, 0.4) is 0 Å². The molecule has 2 fully saturated rings. The van der Waals surface area contributed by atoms with Crippen molar-refractivity contribution in [2.75, 3.05) is 27.2 Å². The smallest absolute Gasteiger partial charge is 0.0549 e. The van der Waals surface area contributed by atoms with Crippen LogP contribution in [-0.4, -0.2) is 37.0 Å². The summed E-state index contributed by atoms with van der Waals surface area (Å²) in [5.41, 5.74) is 0.856. The molecule has 1 aliphatic heterocycles. The lowest BCUT2D eigenvalue weighted by Gasteiger charge is -2.48. The minimum absolute atomic E-state index is 0.278. The maximum Gasteiger partial charge on any atom is 0.0549 e. The van der Waals surface area contributed by atoms with Gasteiger partial charge in [0.1, 0.15) is 0 Å². The molecular weight excluding hydrogens is 332 g/mol. The standard InChI is InChI=1S/C20H28N2S2/c1-21(2)20(18-6-4-14-24-18)9-7-19(8-10-20)11-12-22(16-19)15-17-5-3-13-23-17/h3-6,13-14H,7-12,15-16H2,1-2H3. The van der Waals surface area contributed by atoms with Gasteiger partial charge in [-0.1, -0.05) is 12.1 Å². The van der Waals surface area contributed by atoms with E-state index in [-0.39, 0.29) is 5.54 Å². The average molecular weight is 361 g/mol. The summed E-state index contributed by atoms with van der Waals surface area (Å²) in [7, 11) is 4.55. The van der Waals surface area contributed by atoms with Crippen molar-refractivity contribution in [3.63, 3.8) is 0 Å². The third-order valence-corrected chi connectivity index (χ3v) is 8.37. The highest BCUT2D eigenvalue weighted by Gasteiger charge is 2.47. The number of nitrogens with zero attached hydrogens (tertiary/aromatic N) is 2. The highest BCUT2D eigenvalue weighted by Crippen LogP contribution is 2.52. The lowest BCUT2D eigenvalue weighted by molar-refractivity contribution is 0.0405. The van der Waals surface area contributed by atoms with Crippen LogP contribution in [0.5, 0.6) is 0 Å². The fourth-order valence-electron chi connectivity index (χ4n) is 4.85. The van der Waals surface area contributed by atoms with Crippen LogP contribution >= 0.6 is 22.7 Å². The van der Waals surface area contributed by atoms with E-state index in [1.165, 1.54) is 50.1 Å². The van der Waals surface area contributed by atoms with Gasteiger partial charge in [-0.3, -0.25) is 9.80 Å². The van der Waals surface area contributed by atoms with E-state index in [2.05, 4.69) is 58.9 Å². The summed E-state index contributed by atoms with van der Waals surface area (Å²) in [5, 5.41) is 4.44. The Morgan fingerprint density at radius 1 is 1.00 bits per heavy atom. The van der Waals surface area contributed by atoms with Crippen LogP contribution < -0.4 is 0 Å². The topological polar surface area (TPSA) is 6.48 Å². The molecule has 1 spiro atoms. The van der Waals surface area contributed by atoms with Crippen molar-refractivity contribution in [3.05, 3.63) is 44.8 Å². The first kappa shape index (κ1) is 16.8. The Balaban J connectivity index is 1.44. The van der Waals surface area contributed by atoms with Gasteiger partial charge >= 0.3 is 0 Å². The Hall–Kier alpha value is -0.680. The molecule has 0 radical (unpaired) electrons. The molecule has 1 aliphatic carbocycles. The number of thiophene rings is 2. The number of hydrogen-bond acceptors (Lipinski definition) is 4. The van der Waals surface area contributed by atoms with Gasteiger partial charge in [0.2, 0.25) is 0 Å². The number of likely N-dealkylation sites (tertiary alicyclic amines) is 1. The SMILES string of the molecule is CN(C)C1(c2cccs2)CCC2(CCN(Cc3cccs3)C2)CC1. The molecule has 4 heteroatoms. The quantitative estimate of drug-likeness (QED) is 0.754. The Labute approximate surface area is 154 Å². The van der Waals surface area contributed by atoms with Crippen molar-refractivity contribution >= 4 is 22.7 Å². The summed E-state index contributed by atoms with van der Waals surface area (Å²) < 4.78 is 0. The minimum Gasteiger partial charge on any atom is -0.299 e. The van der Waals surface area contributed by atoms with Gasteiger partial charge in [0.15, 0.2) is 0 Å². The molecule has 3 heterocycles. The first-order valence-corrected chi connectivity index (χ1v) is 10.8. The van der Waals surface area contributed by atoms with Gasteiger partial charge in [-0.05, 0) is 81.1 Å². The van der Waals surface area contributed by atoms with E-state index in [9.17, 15) is 0 Å². The van der Waals surface area contributed by atoms with Crippen molar-refractivity contribution in [2.24, 2.45) is 5.41 Å². The van der Waals surface area contributed by atoms with E-state index in [0.717, 1.165) is 6.54 Å². The first-order valence-electron chi connectivity index (χ1n) is 9.08. The van der Waals surface area contributed by atoms with E-state index in [0.29, 0.717) is 5.41 Å². The molecular formula is C20H28N2S2. The molecule has 2 aromatic rings. The number of hydrogen-bond donors (Lipinski definition) is 0. The average Bonchev–Trinajstić information content (AvgIpc) is 3.32. The molecule has 2 aromatic heterocycles. The molecule has 24 heavy (non-hydrogen) atoms. The second-order valence-corrected chi connectivity index (χ2v) is 9.92. The lowest BCUT2D eigenvalue weighted by atomic mass is 9.66. The lowest BCUT2D eigenvalue weighted by Crippen LogP contribution is -2.47. The summed E-state index contributed by atoms with van der Waals surface area (Å²) in [6, 6.07) is 9.03. The Morgan fingerprint density at radius 2 is 1.75 bits per heavy atom. The van der Waals surface area contributed by atoms with Crippen molar-refractivity contribution in [3.8, 4) is 0 Å². The molecule has 0 aromatic carbocycles. The van der Waals surface area contributed by atoms with Crippen LogP contribution in [-0.2, 0) is 12.1 Å². The molecule has 1 saturated carbocycles. The van der Waals surface area contributed by atoms with E-state index in [4.69, 9.17) is 0 Å². The van der Waals surface area contributed by atoms with Crippen molar-refractivity contribution in [1.29, 1.82) is 0 Å². The van der Waals surface area contributed by atoms with Gasteiger partial charge < -0.3 is 0 Å². The Bertz CT molecular complexity index is 637. The molecule has 130 valence electrons. The third kappa shape index (κ3) is 2.98. The zero-order chi connectivity index (χ0) is 16.6. The van der Waals surface area contributed by atoms with Crippen LogP contribution in [0.2, 0.25) is 0 Å². The zero-order valence-corrected chi connectivity index (χ0v) is 16.5. The van der Waals surface area contributed by atoms with Gasteiger partial charge in [0.05, 0.1) is 5.54 Å². The van der Waals surface area contributed by atoms with Crippen LogP contribution in [0.15, 0.2) is 35.0 Å². The fourth-order valence-corrected chi connectivity index (χ4v) is 6.66. The van der Waals surface area contributed by atoms with E-state index >= 15 is 0 Å². The molecule has 2 aliphatic rings. The largest absolute Gasteiger partial charge is 0.299 e. The fraction of sp³-hybridized carbons (Fsp3) is 0.600. The summed E-state index contributed by atoms with van der Waals surface area (Å²) in [6.07, 6.45) is 6.78. The highest BCUT2D eigenvalue weighted by molar-refractivity contribution is 7.10. The predicted octanol–water partition coefficient (Wildman–Crippen LogP) is 5.03. The van der Waals surface area contributed by atoms with Gasteiger partial charge in [-0.25, -0.2) is 0 Å². The minimum atomic E-state index is 0.278. The van der Waals surface area contributed by atoms with Crippen molar-refractivity contribution in [1.82, 2.24) is 9.80 Å². The monoisotopic (exact) mass is 360 g/mol.